The van der Waals surface area contributed by atoms with Crippen LogP contribution in [-0.4, -0.2) is 40.8 Å². The van der Waals surface area contributed by atoms with E-state index in [1.54, 1.807) is 5.57 Å². The van der Waals surface area contributed by atoms with E-state index in [0.29, 0.717) is 30.5 Å². The molecule has 0 saturated carbocycles. The van der Waals surface area contributed by atoms with Crippen molar-refractivity contribution in [1.82, 2.24) is 4.98 Å². The molecule has 4 bridgehead atoms. The van der Waals surface area contributed by atoms with Gasteiger partial charge in [-0.05, 0) is 24.1 Å². The molecule has 2 N–H and O–H groups in total. The van der Waals surface area contributed by atoms with Crippen molar-refractivity contribution in [3.63, 3.8) is 0 Å². The number of aromatic amines is 1. The van der Waals surface area contributed by atoms with Crippen LogP contribution in [0.1, 0.15) is 30.6 Å². The van der Waals surface area contributed by atoms with E-state index >= 15 is 0 Å². The van der Waals surface area contributed by atoms with E-state index in [1.807, 2.05) is 0 Å². The van der Waals surface area contributed by atoms with E-state index in [-0.39, 0.29) is 12.4 Å². The third kappa shape index (κ3) is 1.81. The SMILES string of the molecule is CC=C1C[N+]2(C)C3CC1C(CO)C2Cc1c3[nH]c2ccccc12.[Cl-]. The molecule has 128 valence electrons. The van der Waals surface area contributed by atoms with Crippen LogP contribution in [0, 0.1) is 11.8 Å². The third-order valence-corrected chi connectivity index (χ3v) is 7.13. The second kappa shape index (κ2) is 5.35. The molecule has 0 amide bonds. The van der Waals surface area contributed by atoms with E-state index < -0.39 is 0 Å². The summed E-state index contributed by atoms with van der Waals surface area (Å²) in [5.74, 6) is 0.984. The van der Waals surface area contributed by atoms with Crippen LogP contribution in [0.5, 0.6) is 0 Å². The second-order valence-electron chi connectivity index (χ2n) is 7.91. The van der Waals surface area contributed by atoms with Gasteiger partial charge >= 0.3 is 0 Å². The van der Waals surface area contributed by atoms with E-state index in [0.717, 1.165) is 17.4 Å². The lowest BCUT2D eigenvalue weighted by Crippen LogP contribution is -3.00. The Morgan fingerprint density at radius 2 is 2.12 bits per heavy atom. The Hall–Kier alpha value is -1.29. The fourth-order valence-electron chi connectivity index (χ4n) is 6.02. The molecule has 3 nitrogen and oxygen atoms in total. The average Bonchev–Trinajstić information content (AvgIpc) is 2.92. The maximum absolute atomic E-state index is 10.1. The molecule has 1 aromatic heterocycles. The Balaban J connectivity index is 0.00000146. The largest absolute Gasteiger partial charge is 1.00 e. The number of halogens is 1. The smallest absolute Gasteiger partial charge is 0.131 e. The number of para-hydroxylation sites is 1. The van der Waals surface area contributed by atoms with E-state index in [4.69, 9.17) is 0 Å². The Kier molecular flexibility index (Phi) is 3.61. The van der Waals surface area contributed by atoms with Crippen molar-refractivity contribution in [2.45, 2.75) is 31.8 Å². The van der Waals surface area contributed by atoms with Gasteiger partial charge in [0, 0.05) is 35.6 Å². The van der Waals surface area contributed by atoms with Crippen molar-refractivity contribution in [2.75, 3.05) is 20.2 Å². The molecule has 0 aliphatic carbocycles. The molecule has 5 heterocycles. The zero-order chi connectivity index (χ0) is 15.8. The maximum atomic E-state index is 10.1. The summed E-state index contributed by atoms with van der Waals surface area (Å²) in [6, 6.07) is 9.84. The van der Waals surface area contributed by atoms with Crippen LogP contribution in [0.2, 0.25) is 0 Å². The quantitative estimate of drug-likeness (QED) is 0.561. The van der Waals surface area contributed by atoms with Crippen LogP contribution in [0.3, 0.4) is 0 Å². The molecule has 5 atom stereocenters. The number of fused-ring (bicyclic) bond motifs is 4. The minimum atomic E-state index is 0. The van der Waals surface area contributed by atoms with Crippen LogP contribution < -0.4 is 12.4 Å². The topological polar surface area (TPSA) is 36.0 Å². The molecule has 6 rings (SSSR count). The van der Waals surface area contributed by atoms with Gasteiger partial charge in [0.1, 0.15) is 12.6 Å². The molecule has 4 heteroatoms. The monoisotopic (exact) mass is 344 g/mol. The van der Waals surface area contributed by atoms with E-state index in [2.05, 4.69) is 49.3 Å². The number of rotatable bonds is 1. The molecule has 4 aliphatic rings. The average molecular weight is 345 g/mol. The molecule has 24 heavy (non-hydrogen) atoms. The van der Waals surface area contributed by atoms with Crippen LogP contribution >= 0.6 is 0 Å². The fourth-order valence-corrected chi connectivity index (χ4v) is 6.02. The predicted octanol–water partition coefficient (Wildman–Crippen LogP) is 0.173. The van der Waals surface area contributed by atoms with Crippen LogP contribution in [-0.2, 0) is 6.42 Å². The zero-order valence-corrected chi connectivity index (χ0v) is 15.1. The lowest BCUT2D eigenvalue weighted by molar-refractivity contribution is -0.978. The summed E-state index contributed by atoms with van der Waals surface area (Å²) < 4.78 is 1.08. The summed E-state index contributed by atoms with van der Waals surface area (Å²) in [6.45, 7) is 3.65. The number of aliphatic hydroxyl groups excluding tert-OH is 1. The number of hydrogen-bond acceptors (Lipinski definition) is 1. The third-order valence-electron chi connectivity index (χ3n) is 7.13. The number of likely N-dealkylation sites (N-methyl/N-ethyl adjacent to an activating group) is 1. The highest BCUT2D eigenvalue weighted by Gasteiger charge is 2.61. The number of allylic oxidation sites excluding steroid dienone is 1. The summed E-state index contributed by atoms with van der Waals surface area (Å²) in [5.41, 5.74) is 5.84. The van der Waals surface area contributed by atoms with Crippen LogP contribution in [0.4, 0.5) is 0 Å². The van der Waals surface area contributed by atoms with Crippen molar-refractivity contribution in [3.8, 4) is 0 Å². The van der Waals surface area contributed by atoms with Crippen LogP contribution in [0.25, 0.3) is 10.9 Å². The normalized spacial score (nSPS) is 38.2. The van der Waals surface area contributed by atoms with Gasteiger partial charge in [-0.15, -0.1) is 0 Å². The van der Waals surface area contributed by atoms with Crippen molar-refractivity contribution < 1.29 is 22.0 Å². The molecule has 2 aromatic rings. The Morgan fingerprint density at radius 3 is 2.88 bits per heavy atom. The highest BCUT2D eigenvalue weighted by atomic mass is 35.5. The second-order valence-corrected chi connectivity index (χ2v) is 7.91. The molecular formula is C20H25ClN2O. The molecule has 3 saturated heterocycles. The van der Waals surface area contributed by atoms with Crippen LogP contribution in [0.15, 0.2) is 35.9 Å². The summed E-state index contributed by atoms with van der Waals surface area (Å²) >= 11 is 0. The summed E-state index contributed by atoms with van der Waals surface area (Å²) in [5, 5.41) is 11.5. The molecular weight excluding hydrogens is 320 g/mol. The first-order chi connectivity index (χ1) is 11.2. The van der Waals surface area contributed by atoms with Gasteiger partial charge < -0.3 is 27.0 Å². The van der Waals surface area contributed by atoms with Gasteiger partial charge in [0.15, 0.2) is 0 Å². The first-order valence-electron chi connectivity index (χ1n) is 8.87. The minimum Gasteiger partial charge on any atom is -1.00 e. The number of piperidine rings is 3. The Morgan fingerprint density at radius 1 is 1.33 bits per heavy atom. The summed E-state index contributed by atoms with van der Waals surface area (Å²) in [4.78, 5) is 3.75. The van der Waals surface area contributed by atoms with Gasteiger partial charge in [0.05, 0.1) is 25.4 Å². The van der Waals surface area contributed by atoms with Gasteiger partial charge in [-0.2, -0.15) is 0 Å². The predicted molar refractivity (Wildman–Crippen MR) is 92.0 cm³/mol. The molecule has 0 spiro atoms. The van der Waals surface area contributed by atoms with E-state index in [9.17, 15) is 5.11 Å². The number of H-pyrrole nitrogens is 1. The number of nitrogens with one attached hydrogen (secondary N) is 1. The number of quaternary nitrogens is 1. The number of benzene rings is 1. The van der Waals surface area contributed by atoms with Gasteiger partial charge in [-0.25, -0.2) is 0 Å². The number of hydrogen-bond donors (Lipinski definition) is 2. The summed E-state index contributed by atoms with van der Waals surface area (Å²) in [7, 11) is 2.42. The fraction of sp³-hybridized carbons (Fsp3) is 0.500. The van der Waals surface area contributed by atoms with Crippen molar-refractivity contribution in [2.24, 2.45) is 11.8 Å². The highest BCUT2D eigenvalue weighted by molar-refractivity contribution is 5.85. The molecule has 1 aromatic carbocycles. The van der Waals surface area contributed by atoms with Crippen molar-refractivity contribution >= 4 is 10.9 Å². The van der Waals surface area contributed by atoms with E-state index in [1.165, 1.54) is 28.6 Å². The Labute approximate surface area is 149 Å². The van der Waals surface area contributed by atoms with Crippen molar-refractivity contribution in [1.29, 1.82) is 0 Å². The number of aliphatic hydroxyl groups is 1. The molecule has 3 fully saturated rings. The number of aromatic nitrogens is 1. The Bertz CT molecular complexity index is 826. The van der Waals surface area contributed by atoms with Gasteiger partial charge in [-0.3, -0.25) is 0 Å². The first kappa shape index (κ1) is 16.2. The highest BCUT2D eigenvalue weighted by Crippen LogP contribution is 2.57. The molecule has 0 radical (unpaired) electrons. The molecule has 5 unspecified atom stereocenters. The lowest BCUT2D eigenvalue weighted by Gasteiger charge is -2.62. The zero-order valence-electron chi connectivity index (χ0n) is 14.3. The minimum absolute atomic E-state index is 0. The van der Waals surface area contributed by atoms with Crippen molar-refractivity contribution in [3.05, 3.63) is 47.2 Å². The van der Waals surface area contributed by atoms with Gasteiger partial charge in [0.25, 0.3) is 0 Å². The standard InChI is InChI=1S/C20H25N2O.ClH/c1-3-12-10-22(2)18-9-15-13-6-4-5-7-17(13)21-20(15)19(22)8-14(12)16(18)11-23;/h3-7,14,16,18-19,21,23H,8-11H2,1-2H3;1H/q+1;/p-1. The summed E-state index contributed by atoms with van der Waals surface area (Å²) in [6.07, 6.45) is 4.59. The van der Waals surface area contributed by atoms with Gasteiger partial charge in [-0.1, -0.05) is 24.3 Å². The lowest BCUT2D eigenvalue weighted by atomic mass is 9.62. The first-order valence-corrected chi connectivity index (χ1v) is 8.87. The molecule has 4 aliphatic heterocycles. The maximum Gasteiger partial charge on any atom is 0.131 e. The van der Waals surface area contributed by atoms with Gasteiger partial charge in [0.2, 0.25) is 0 Å². The number of nitrogens with zero attached hydrogens (tertiary/aromatic N) is 1.